The molecule has 0 atom stereocenters. The Kier molecular flexibility index (Phi) is 5.09. The van der Waals surface area contributed by atoms with Crippen molar-refractivity contribution in [3.63, 3.8) is 0 Å². The van der Waals surface area contributed by atoms with Gasteiger partial charge in [0.05, 0.1) is 18.7 Å². The maximum absolute atomic E-state index is 10.4. The fourth-order valence-corrected chi connectivity index (χ4v) is 2.45. The molecule has 0 aliphatic rings. The molecule has 0 fully saturated rings. The third kappa shape index (κ3) is 2.68. The van der Waals surface area contributed by atoms with Gasteiger partial charge < -0.3 is 14.3 Å². The molecule has 16 heavy (non-hydrogen) atoms. The van der Waals surface area contributed by atoms with E-state index in [2.05, 4.69) is 15.9 Å². The van der Waals surface area contributed by atoms with Crippen LogP contribution in [0.5, 0.6) is 11.5 Å². The van der Waals surface area contributed by atoms with Crippen LogP contribution in [0, 0.1) is 0 Å². The maximum atomic E-state index is 10.4. The largest absolute Gasteiger partial charge is 0.492 e. The molecule has 3 nitrogen and oxygen atoms in total. The number of methoxy groups -OCH3 is 2. The summed E-state index contributed by atoms with van der Waals surface area (Å²) in [7, 11) is 3.10. The minimum atomic E-state index is 0.404. The molecule has 0 amide bonds. The van der Waals surface area contributed by atoms with Gasteiger partial charge in [-0.15, -0.1) is 0 Å². The molecule has 5 heteroatoms. The zero-order chi connectivity index (χ0) is 12.1. The first-order chi connectivity index (χ1) is 7.65. The minimum Gasteiger partial charge on any atom is -0.492 e. The number of rotatable bonds is 5. The second-order valence-corrected chi connectivity index (χ2v) is 4.35. The number of halogens is 2. The van der Waals surface area contributed by atoms with E-state index >= 15 is 0 Å². The predicted octanol–water partition coefficient (Wildman–Crippen LogP) is 3.25. The first-order valence-corrected chi connectivity index (χ1v) is 5.85. The molecule has 0 aliphatic carbocycles. The van der Waals surface area contributed by atoms with E-state index < -0.39 is 0 Å². The summed E-state index contributed by atoms with van der Waals surface area (Å²) in [6, 6.07) is 1.74. The monoisotopic (exact) mass is 306 g/mol. The number of carbonyl (C=O) groups excluding carboxylic acids is 1. The van der Waals surface area contributed by atoms with Crippen LogP contribution in [0.1, 0.15) is 12.0 Å². The molecule has 0 heterocycles. The number of aldehydes is 1. The van der Waals surface area contributed by atoms with E-state index in [1.807, 2.05) is 0 Å². The zero-order valence-corrected chi connectivity index (χ0v) is 11.4. The van der Waals surface area contributed by atoms with Gasteiger partial charge in [-0.05, 0) is 28.4 Å². The zero-order valence-electron chi connectivity index (χ0n) is 9.05. The van der Waals surface area contributed by atoms with Crippen LogP contribution in [-0.2, 0) is 11.2 Å². The van der Waals surface area contributed by atoms with Crippen LogP contribution >= 0.6 is 27.5 Å². The lowest BCUT2D eigenvalue weighted by molar-refractivity contribution is -0.107. The number of ether oxygens (including phenoxy) is 2. The van der Waals surface area contributed by atoms with Gasteiger partial charge in [-0.1, -0.05) is 11.6 Å². The molecule has 0 N–H and O–H groups in total. The first-order valence-electron chi connectivity index (χ1n) is 4.68. The van der Waals surface area contributed by atoms with Crippen molar-refractivity contribution in [2.24, 2.45) is 0 Å². The van der Waals surface area contributed by atoms with Crippen LogP contribution in [0.2, 0.25) is 5.02 Å². The van der Waals surface area contributed by atoms with Crippen molar-refractivity contribution in [2.75, 3.05) is 14.2 Å². The summed E-state index contributed by atoms with van der Waals surface area (Å²) < 4.78 is 11.2. The van der Waals surface area contributed by atoms with E-state index in [0.717, 1.165) is 16.3 Å². The van der Waals surface area contributed by atoms with Crippen LogP contribution in [0.3, 0.4) is 0 Å². The fourth-order valence-electron chi connectivity index (χ4n) is 1.46. The molecule has 0 aliphatic heterocycles. The third-order valence-electron chi connectivity index (χ3n) is 2.16. The predicted molar refractivity (Wildman–Crippen MR) is 66.6 cm³/mol. The normalized spacial score (nSPS) is 10.0. The molecule has 0 bridgehead atoms. The van der Waals surface area contributed by atoms with Crippen molar-refractivity contribution in [1.82, 2.24) is 0 Å². The highest BCUT2D eigenvalue weighted by Crippen LogP contribution is 2.42. The third-order valence-corrected chi connectivity index (χ3v) is 3.09. The molecular weight excluding hydrogens is 295 g/mol. The van der Waals surface area contributed by atoms with E-state index in [-0.39, 0.29) is 0 Å². The second-order valence-electron chi connectivity index (χ2n) is 3.09. The Hall–Kier alpha value is -0.740. The lowest BCUT2D eigenvalue weighted by Gasteiger charge is -2.15. The van der Waals surface area contributed by atoms with E-state index in [0.29, 0.717) is 29.4 Å². The Morgan fingerprint density at radius 3 is 2.50 bits per heavy atom. The maximum Gasteiger partial charge on any atom is 0.175 e. The minimum absolute atomic E-state index is 0.404. The van der Waals surface area contributed by atoms with Crippen LogP contribution in [0.4, 0.5) is 0 Å². The second kappa shape index (κ2) is 6.11. The first kappa shape index (κ1) is 13.3. The lowest BCUT2D eigenvalue weighted by atomic mass is 10.1. The fraction of sp³-hybridized carbons (Fsp3) is 0.364. The van der Waals surface area contributed by atoms with Gasteiger partial charge in [0, 0.05) is 17.0 Å². The van der Waals surface area contributed by atoms with E-state index in [4.69, 9.17) is 21.1 Å². The number of hydrogen-bond acceptors (Lipinski definition) is 3. The van der Waals surface area contributed by atoms with Crippen LogP contribution in [0.15, 0.2) is 10.5 Å². The Balaban J connectivity index is 3.27. The highest BCUT2D eigenvalue weighted by atomic mass is 79.9. The van der Waals surface area contributed by atoms with Crippen molar-refractivity contribution < 1.29 is 14.3 Å². The summed E-state index contributed by atoms with van der Waals surface area (Å²) in [5, 5.41) is 0.561. The molecule has 0 radical (unpaired) electrons. The molecule has 1 aromatic carbocycles. The van der Waals surface area contributed by atoms with E-state index in [1.54, 1.807) is 20.3 Å². The van der Waals surface area contributed by atoms with Crippen LogP contribution in [0.25, 0.3) is 0 Å². The Morgan fingerprint density at radius 1 is 1.38 bits per heavy atom. The van der Waals surface area contributed by atoms with Gasteiger partial charge in [0.1, 0.15) is 6.29 Å². The summed E-state index contributed by atoms with van der Waals surface area (Å²) >= 11 is 9.44. The lowest BCUT2D eigenvalue weighted by Crippen LogP contribution is -1.98. The van der Waals surface area contributed by atoms with Crippen molar-refractivity contribution in [1.29, 1.82) is 0 Å². The summed E-state index contributed by atoms with van der Waals surface area (Å²) in [5.41, 5.74) is 0.788. The van der Waals surface area contributed by atoms with Crippen molar-refractivity contribution >= 4 is 33.8 Å². The smallest absolute Gasteiger partial charge is 0.175 e. The topological polar surface area (TPSA) is 35.5 Å². The molecule has 1 aromatic rings. The van der Waals surface area contributed by atoms with Gasteiger partial charge in [0.2, 0.25) is 0 Å². The van der Waals surface area contributed by atoms with Gasteiger partial charge >= 0.3 is 0 Å². The van der Waals surface area contributed by atoms with Crippen molar-refractivity contribution in [3.05, 3.63) is 21.1 Å². The Morgan fingerprint density at radius 2 is 2.00 bits per heavy atom. The van der Waals surface area contributed by atoms with Gasteiger partial charge in [-0.2, -0.15) is 0 Å². The molecule has 0 saturated heterocycles. The molecule has 88 valence electrons. The van der Waals surface area contributed by atoms with Gasteiger partial charge in [0.25, 0.3) is 0 Å². The van der Waals surface area contributed by atoms with Gasteiger partial charge in [-0.3, -0.25) is 0 Å². The summed E-state index contributed by atoms with van der Waals surface area (Å²) in [4.78, 5) is 10.4. The highest BCUT2D eigenvalue weighted by Gasteiger charge is 2.17. The van der Waals surface area contributed by atoms with Gasteiger partial charge in [0.15, 0.2) is 11.5 Å². The number of carbonyl (C=O) groups is 1. The molecule has 0 saturated carbocycles. The quantitative estimate of drug-likeness (QED) is 0.783. The molecule has 0 spiro atoms. The highest BCUT2D eigenvalue weighted by molar-refractivity contribution is 9.10. The summed E-state index contributed by atoms with van der Waals surface area (Å²) in [6.07, 6.45) is 1.79. The summed E-state index contributed by atoms with van der Waals surface area (Å²) in [5.74, 6) is 1.16. The number of benzene rings is 1. The van der Waals surface area contributed by atoms with Gasteiger partial charge in [-0.25, -0.2) is 0 Å². The van der Waals surface area contributed by atoms with E-state index in [1.165, 1.54) is 0 Å². The summed E-state index contributed by atoms with van der Waals surface area (Å²) in [6.45, 7) is 0. The molecule has 1 rings (SSSR count). The van der Waals surface area contributed by atoms with E-state index in [9.17, 15) is 4.79 Å². The van der Waals surface area contributed by atoms with Crippen molar-refractivity contribution in [3.8, 4) is 11.5 Å². The average Bonchev–Trinajstić information content (AvgIpc) is 2.27. The van der Waals surface area contributed by atoms with Crippen molar-refractivity contribution in [2.45, 2.75) is 12.8 Å². The van der Waals surface area contributed by atoms with Crippen LogP contribution in [-0.4, -0.2) is 20.5 Å². The molecular formula is C11H12BrClO3. The van der Waals surface area contributed by atoms with Crippen LogP contribution < -0.4 is 9.47 Å². The molecule has 0 aromatic heterocycles. The Bertz CT molecular complexity index is 393. The number of hydrogen-bond donors (Lipinski definition) is 0. The standard InChI is InChI=1S/C11H12BrClO3/c1-15-10-7(4-3-5-14)9(13)6-8(12)11(10)16-2/h5-6H,3-4H2,1-2H3. The average molecular weight is 308 g/mol. The molecule has 0 unspecified atom stereocenters. The Labute approximate surface area is 108 Å². The SMILES string of the molecule is COc1c(Br)cc(Cl)c(CCC=O)c1OC.